The first kappa shape index (κ1) is 17.5. The van der Waals surface area contributed by atoms with Crippen LogP contribution in [0, 0.1) is 3.57 Å². The maximum atomic E-state index is 12.2. The van der Waals surface area contributed by atoms with Crippen LogP contribution in [0.3, 0.4) is 0 Å². The number of benzene rings is 3. The van der Waals surface area contributed by atoms with Crippen LogP contribution in [0.2, 0.25) is 5.02 Å². The van der Waals surface area contributed by atoms with Crippen LogP contribution in [0.4, 0.5) is 0 Å². The van der Waals surface area contributed by atoms with Crippen LogP contribution in [0.25, 0.3) is 10.8 Å². The van der Waals surface area contributed by atoms with Crippen molar-refractivity contribution in [1.29, 1.82) is 0 Å². The van der Waals surface area contributed by atoms with E-state index in [4.69, 9.17) is 11.6 Å². The lowest BCUT2D eigenvalue weighted by molar-refractivity contribution is 0.0952. The molecular weight excluding hydrogens is 455 g/mol. The summed E-state index contributed by atoms with van der Waals surface area (Å²) in [6, 6.07) is 13.7. The summed E-state index contributed by atoms with van der Waals surface area (Å²) >= 11 is 7.88. The Labute approximate surface area is 162 Å². The summed E-state index contributed by atoms with van der Waals surface area (Å²) in [5, 5.41) is 25.9. The van der Waals surface area contributed by atoms with E-state index < -0.39 is 5.91 Å². The number of aromatic hydroxyl groups is 2. The number of hydrogen-bond donors (Lipinski definition) is 3. The molecule has 0 saturated heterocycles. The number of hydrogen-bond acceptors (Lipinski definition) is 4. The topological polar surface area (TPSA) is 81.9 Å². The van der Waals surface area contributed by atoms with Crippen molar-refractivity contribution in [2.45, 2.75) is 0 Å². The minimum Gasteiger partial charge on any atom is -0.507 e. The molecule has 0 aliphatic rings. The number of nitrogens with zero attached hydrogens (tertiary/aromatic N) is 1. The van der Waals surface area contributed by atoms with Crippen molar-refractivity contribution in [2.75, 3.05) is 0 Å². The Morgan fingerprint density at radius 2 is 1.80 bits per heavy atom. The van der Waals surface area contributed by atoms with Crippen molar-refractivity contribution in [3.63, 3.8) is 0 Å². The highest BCUT2D eigenvalue weighted by atomic mass is 127. The van der Waals surface area contributed by atoms with Gasteiger partial charge in [-0.1, -0.05) is 35.9 Å². The zero-order valence-electron chi connectivity index (χ0n) is 12.7. The van der Waals surface area contributed by atoms with Crippen molar-refractivity contribution in [3.05, 3.63) is 68.3 Å². The van der Waals surface area contributed by atoms with E-state index in [2.05, 4.69) is 10.5 Å². The highest BCUT2D eigenvalue weighted by molar-refractivity contribution is 14.1. The standard InChI is InChI=1S/C18H12ClIN2O3/c19-13-5-12(17(24)15(20)8-13)9-21-22-18(25)14-6-10-3-1-2-4-11(10)7-16(14)23/h1-9,23-24H,(H,22,25)/b21-9+. The highest BCUT2D eigenvalue weighted by Crippen LogP contribution is 2.27. The summed E-state index contributed by atoms with van der Waals surface area (Å²) in [5.74, 6) is -0.668. The molecule has 3 aromatic rings. The van der Waals surface area contributed by atoms with Gasteiger partial charge in [-0.3, -0.25) is 4.79 Å². The second-order valence-electron chi connectivity index (χ2n) is 5.24. The molecule has 126 valence electrons. The molecule has 3 rings (SSSR count). The number of rotatable bonds is 3. The molecule has 0 radical (unpaired) electrons. The van der Waals surface area contributed by atoms with Gasteiger partial charge in [0.2, 0.25) is 0 Å². The quantitative estimate of drug-likeness (QED) is 0.306. The Hall–Kier alpha value is -2.32. The molecule has 1 amide bonds. The van der Waals surface area contributed by atoms with Gasteiger partial charge in [-0.25, -0.2) is 5.43 Å². The van der Waals surface area contributed by atoms with Crippen LogP contribution in [0.15, 0.2) is 53.6 Å². The van der Waals surface area contributed by atoms with Crippen LogP contribution in [0.1, 0.15) is 15.9 Å². The van der Waals surface area contributed by atoms with Crippen molar-refractivity contribution >= 4 is 57.1 Å². The predicted molar refractivity (Wildman–Crippen MR) is 107 cm³/mol. The molecule has 7 heteroatoms. The third kappa shape index (κ3) is 3.85. The fourth-order valence-corrected chi connectivity index (χ4v) is 3.37. The van der Waals surface area contributed by atoms with Crippen LogP contribution >= 0.6 is 34.2 Å². The molecule has 0 fully saturated rings. The average Bonchev–Trinajstić information content (AvgIpc) is 2.58. The SMILES string of the molecule is O=C(N/N=C/c1cc(Cl)cc(I)c1O)c1cc2ccccc2cc1O. The molecular formula is C18H12ClIN2O3. The van der Waals surface area contributed by atoms with Crippen molar-refractivity contribution in [1.82, 2.24) is 5.43 Å². The lowest BCUT2D eigenvalue weighted by atomic mass is 10.1. The maximum absolute atomic E-state index is 12.2. The first-order valence-electron chi connectivity index (χ1n) is 7.19. The van der Waals surface area contributed by atoms with Gasteiger partial charge < -0.3 is 10.2 Å². The fraction of sp³-hybridized carbons (Fsp3) is 0. The molecule has 0 aromatic heterocycles. The van der Waals surface area contributed by atoms with Gasteiger partial charge >= 0.3 is 0 Å². The van der Waals surface area contributed by atoms with E-state index >= 15 is 0 Å². The van der Waals surface area contributed by atoms with E-state index in [1.165, 1.54) is 18.3 Å². The predicted octanol–water partition coefficient (Wildman–Crippen LogP) is 4.27. The van der Waals surface area contributed by atoms with Crippen LogP contribution < -0.4 is 5.43 Å². The van der Waals surface area contributed by atoms with Gasteiger partial charge in [0.05, 0.1) is 15.3 Å². The van der Waals surface area contributed by atoms with Crippen LogP contribution in [-0.2, 0) is 0 Å². The van der Waals surface area contributed by atoms with Crippen molar-refractivity contribution < 1.29 is 15.0 Å². The minimum absolute atomic E-state index is 0.0246. The molecule has 0 unspecified atom stereocenters. The largest absolute Gasteiger partial charge is 0.507 e. The van der Waals surface area contributed by atoms with Gasteiger partial charge in [-0.05, 0) is 57.6 Å². The number of nitrogens with one attached hydrogen (secondary N) is 1. The Kier molecular flexibility index (Phi) is 5.10. The van der Waals surface area contributed by atoms with Gasteiger partial charge in [0, 0.05) is 10.6 Å². The molecule has 25 heavy (non-hydrogen) atoms. The summed E-state index contributed by atoms with van der Waals surface area (Å²) in [7, 11) is 0. The second kappa shape index (κ2) is 7.28. The molecule has 0 heterocycles. The summed E-state index contributed by atoms with van der Waals surface area (Å²) in [5.41, 5.74) is 2.82. The van der Waals surface area contributed by atoms with E-state index in [0.717, 1.165) is 10.8 Å². The smallest absolute Gasteiger partial charge is 0.275 e. The number of fused-ring (bicyclic) bond motifs is 1. The molecule has 0 bridgehead atoms. The van der Waals surface area contributed by atoms with Crippen molar-refractivity contribution in [3.8, 4) is 11.5 Å². The fourth-order valence-electron chi connectivity index (χ4n) is 2.32. The normalized spacial score (nSPS) is 11.1. The number of carbonyl (C=O) groups is 1. The van der Waals surface area contributed by atoms with Gasteiger partial charge in [-0.15, -0.1) is 0 Å². The number of phenolic OH excluding ortho intramolecular Hbond substituents is 2. The minimum atomic E-state index is -0.560. The van der Waals surface area contributed by atoms with Crippen LogP contribution in [-0.4, -0.2) is 22.3 Å². The Morgan fingerprint density at radius 1 is 1.12 bits per heavy atom. The van der Waals surface area contributed by atoms with Crippen molar-refractivity contribution in [2.24, 2.45) is 5.10 Å². The Bertz CT molecular complexity index is 1010. The number of hydrazone groups is 1. The monoisotopic (exact) mass is 466 g/mol. The second-order valence-corrected chi connectivity index (χ2v) is 6.84. The van der Waals surface area contributed by atoms with E-state index in [1.54, 1.807) is 12.1 Å². The first-order chi connectivity index (χ1) is 12.0. The lowest BCUT2D eigenvalue weighted by Gasteiger charge is -2.06. The highest BCUT2D eigenvalue weighted by Gasteiger charge is 2.12. The van der Waals surface area contributed by atoms with E-state index in [0.29, 0.717) is 14.2 Å². The lowest BCUT2D eigenvalue weighted by Crippen LogP contribution is -2.17. The van der Waals surface area contributed by atoms with Crippen LogP contribution in [0.5, 0.6) is 11.5 Å². The van der Waals surface area contributed by atoms with Gasteiger partial charge in [0.25, 0.3) is 5.91 Å². The van der Waals surface area contributed by atoms with E-state index in [9.17, 15) is 15.0 Å². The summed E-state index contributed by atoms with van der Waals surface area (Å²) in [6.45, 7) is 0. The molecule has 0 aliphatic heterocycles. The Balaban J connectivity index is 1.82. The number of amides is 1. The molecule has 5 nitrogen and oxygen atoms in total. The molecule has 3 aromatic carbocycles. The third-order valence-corrected chi connectivity index (χ3v) is 4.58. The average molecular weight is 467 g/mol. The number of phenols is 2. The zero-order chi connectivity index (χ0) is 18.0. The maximum Gasteiger partial charge on any atom is 0.275 e. The number of carbonyl (C=O) groups excluding carboxylic acids is 1. The molecule has 0 aliphatic carbocycles. The Morgan fingerprint density at radius 3 is 2.52 bits per heavy atom. The summed E-state index contributed by atoms with van der Waals surface area (Å²) < 4.78 is 0.574. The van der Waals surface area contributed by atoms with E-state index in [-0.39, 0.29) is 17.1 Å². The van der Waals surface area contributed by atoms with Gasteiger partial charge in [0.15, 0.2) is 0 Å². The molecule has 3 N–H and O–H groups in total. The van der Waals surface area contributed by atoms with E-state index in [1.807, 2.05) is 46.9 Å². The van der Waals surface area contributed by atoms with Gasteiger partial charge in [-0.2, -0.15) is 5.10 Å². The summed E-state index contributed by atoms with van der Waals surface area (Å²) in [6.07, 6.45) is 1.29. The number of halogens is 2. The molecule has 0 saturated carbocycles. The first-order valence-corrected chi connectivity index (χ1v) is 8.64. The van der Waals surface area contributed by atoms with Gasteiger partial charge in [0.1, 0.15) is 11.5 Å². The summed E-state index contributed by atoms with van der Waals surface area (Å²) in [4.78, 5) is 12.2. The molecule has 0 spiro atoms. The third-order valence-electron chi connectivity index (χ3n) is 3.54. The molecule has 0 atom stereocenters. The zero-order valence-corrected chi connectivity index (χ0v) is 15.6.